The summed E-state index contributed by atoms with van der Waals surface area (Å²) in [5, 5.41) is 52.5. The van der Waals surface area contributed by atoms with Crippen LogP contribution in [0.1, 0.15) is 6.23 Å². The molecule has 2 saturated heterocycles. The van der Waals surface area contributed by atoms with Crippen LogP contribution in [0, 0.1) is 0 Å². The predicted molar refractivity (Wildman–Crippen MR) is 136 cm³/mol. The standard InChI is InChI=1S/C18H29N3O17P2S2.2Na/c1-41-42-6-10(24)19-11-14(27)12(25)7(4-22)36-17(11)37-40(32,33)38-39(30,31)34-5-8-13(26)15(28)16(35-8)21-3-2-9(23)20-18(21)29;;/h2-3,7-8,11-17,22,25-28H,4-6H2,1H3,(H,19,24)(H,30,31)(H,32,33)(H,20,23,29);;/q;2*+1/p-2. The number of carbonyl (C=O) groups is 1. The van der Waals surface area contributed by atoms with Crippen LogP contribution < -0.4 is 85.5 Å². The molecular weight excluding hydrogens is 702 g/mol. The maximum atomic E-state index is 12.5. The second-order valence-electron chi connectivity index (χ2n) is 8.67. The zero-order valence-corrected chi connectivity index (χ0v) is 30.7. The van der Waals surface area contributed by atoms with Crippen molar-refractivity contribution in [3.8, 4) is 0 Å². The Labute approximate surface area is 300 Å². The molecule has 7 N–H and O–H groups in total. The van der Waals surface area contributed by atoms with Crippen molar-refractivity contribution in [2.45, 2.75) is 55.2 Å². The number of hydrogen-bond donors (Lipinski definition) is 7. The fourth-order valence-corrected chi connectivity index (χ4v) is 6.92. The van der Waals surface area contributed by atoms with E-state index in [2.05, 4.69) is 18.7 Å². The number of rotatable bonds is 13. The van der Waals surface area contributed by atoms with Crippen LogP contribution in [0.3, 0.4) is 0 Å². The first kappa shape index (κ1) is 42.9. The number of carbonyl (C=O) groups excluding carboxylic acids is 1. The van der Waals surface area contributed by atoms with Gasteiger partial charge in [-0.3, -0.25) is 32.8 Å². The molecule has 3 rings (SSSR count). The molecule has 0 saturated carbocycles. The predicted octanol–water partition coefficient (Wildman–Crippen LogP) is -10.9. The summed E-state index contributed by atoms with van der Waals surface area (Å²) in [5.41, 5.74) is -1.79. The van der Waals surface area contributed by atoms with Gasteiger partial charge in [-0.05, 0) is 6.26 Å². The average molecular weight is 729 g/mol. The fraction of sp³-hybridized carbons (Fsp3) is 0.722. The van der Waals surface area contributed by atoms with Gasteiger partial charge in [0, 0.05) is 12.3 Å². The van der Waals surface area contributed by atoms with Crippen molar-refractivity contribution in [2.24, 2.45) is 0 Å². The van der Waals surface area contributed by atoms with E-state index in [0.29, 0.717) is 4.57 Å². The molecule has 0 radical (unpaired) electrons. The SMILES string of the molecule is CSSCC(=O)NC1C(OP(=O)([O-])OP(=O)([O-])OCC2OC(n3ccc(=O)[nH]c3=O)C(O)C2O)OC(CO)C(O)C1O.[Na+].[Na+]. The van der Waals surface area contributed by atoms with Gasteiger partial charge in [0.1, 0.15) is 42.7 Å². The van der Waals surface area contributed by atoms with Crippen LogP contribution in [0.4, 0.5) is 0 Å². The average Bonchev–Trinajstić information content (AvgIpc) is 3.18. The third kappa shape index (κ3) is 11.5. The molecule has 3 heterocycles. The molecule has 0 aromatic carbocycles. The van der Waals surface area contributed by atoms with Gasteiger partial charge in [0.2, 0.25) is 5.91 Å². The molecule has 2 aliphatic rings. The molecule has 1 aromatic rings. The summed E-state index contributed by atoms with van der Waals surface area (Å²) in [4.78, 5) is 62.0. The summed E-state index contributed by atoms with van der Waals surface area (Å²) in [6.45, 7) is -2.06. The normalized spacial score (nSPS) is 32.9. The Morgan fingerprint density at radius 1 is 1.07 bits per heavy atom. The summed E-state index contributed by atoms with van der Waals surface area (Å²) >= 11 is 0. The van der Waals surface area contributed by atoms with Gasteiger partial charge in [0.05, 0.1) is 19.0 Å². The number of aliphatic hydroxyl groups excluding tert-OH is 5. The van der Waals surface area contributed by atoms with Gasteiger partial charge < -0.3 is 54.6 Å². The van der Waals surface area contributed by atoms with Gasteiger partial charge in [0.15, 0.2) is 12.5 Å². The number of aliphatic hydroxyl groups is 5. The summed E-state index contributed by atoms with van der Waals surface area (Å²) in [7, 11) is -9.52. The monoisotopic (exact) mass is 729 g/mol. The van der Waals surface area contributed by atoms with Crippen LogP contribution in [-0.4, -0.2) is 115 Å². The number of H-pyrrole nitrogens is 1. The van der Waals surface area contributed by atoms with Crippen molar-refractivity contribution in [3.05, 3.63) is 33.1 Å². The Morgan fingerprint density at radius 3 is 2.30 bits per heavy atom. The zero-order valence-electron chi connectivity index (χ0n) is 23.3. The number of ether oxygens (including phenoxy) is 2. The number of phosphoric ester groups is 2. The van der Waals surface area contributed by atoms with E-state index in [0.717, 1.165) is 23.1 Å². The maximum Gasteiger partial charge on any atom is 1.00 e. The Kier molecular flexibility index (Phi) is 18.1. The minimum Gasteiger partial charge on any atom is -0.756 e. The number of aromatic nitrogens is 2. The molecule has 26 heteroatoms. The molecule has 20 nitrogen and oxygen atoms in total. The Hall–Kier alpha value is 0.830. The van der Waals surface area contributed by atoms with E-state index in [9.17, 15) is 58.8 Å². The van der Waals surface area contributed by atoms with Crippen molar-refractivity contribution in [1.82, 2.24) is 14.9 Å². The molecule has 11 atom stereocenters. The Bertz CT molecular complexity index is 1310. The first-order chi connectivity index (χ1) is 19.6. The quantitative estimate of drug-likeness (QED) is 0.0563. The third-order valence-corrected chi connectivity index (χ3v) is 10.0. The molecule has 2 aliphatic heterocycles. The van der Waals surface area contributed by atoms with Crippen molar-refractivity contribution in [2.75, 3.05) is 25.2 Å². The number of hydrogen-bond acceptors (Lipinski definition) is 19. The van der Waals surface area contributed by atoms with E-state index >= 15 is 0 Å². The summed E-state index contributed by atoms with van der Waals surface area (Å²) in [6.07, 6.45) is -11.8. The topological polar surface area (TPSA) is 312 Å². The molecule has 1 amide bonds. The largest absolute Gasteiger partial charge is 1.00 e. The zero-order chi connectivity index (χ0) is 31.4. The van der Waals surface area contributed by atoms with Gasteiger partial charge in [-0.2, -0.15) is 0 Å². The van der Waals surface area contributed by atoms with Crippen molar-refractivity contribution in [3.63, 3.8) is 0 Å². The first-order valence-corrected chi connectivity index (χ1v) is 17.3. The van der Waals surface area contributed by atoms with E-state index in [-0.39, 0.29) is 64.9 Å². The Balaban J connectivity index is 0.00000484. The van der Waals surface area contributed by atoms with Gasteiger partial charge >= 0.3 is 64.8 Å². The van der Waals surface area contributed by atoms with Crippen LogP contribution in [0.2, 0.25) is 0 Å². The first-order valence-electron chi connectivity index (χ1n) is 11.7. The molecule has 2 fully saturated rings. The van der Waals surface area contributed by atoms with Gasteiger partial charge in [-0.15, -0.1) is 0 Å². The molecule has 44 heavy (non-hydrogen) atoms. The Morgan fingerprint density at radius 2 is 1.70 bits per heavy atom. The fourth-order valence-electron chi connectivity index (χ4n) is 3.85. The number of nitrogens with zero attached hydrogens (tertiary/aromatic N) is 1. The van der Waals surface area contributed by atoms with E-state index in [4.69, 9.17) is 9.47 Å². The number of amides is 1. The molecule has 0 spiro atoms. The molecule has 1 aromatic heterocycles. The van der Waals surface area contributed by atoms with Crippen LogP contribution in [0.25, 0.3) is 0 Å². The van der Waals surface area contributed by atoms with Crippen LogP contribution in [-0.2, 0) is 36.8 Å². The summed E-state index contributed by atoms with van der Waals surface area (Å²) in [6, 6.07) is -0.857. The number of phosphoric acid groups is 2. The van der Waals surface area contributed by atoms with E-state index in [1.54, 1.807) is 6.26 Å². The third-order valence-electron chi connectivity index (χ3n) is 5.81. The number of aromatic amines is 1. The minimum absolute atomic E-state index is 0. The minimum atomic E-state index is -5.97. The van der Waals surface area contributed by atoms with E-state index in [1.807, 2.05) is 4.98 Å². The van der Waals surface area contributed by atoms with Gasteiger partial charge in [0.25, 0.3) is 21.2 Å². The van der Waals surface area contributed by atoms with Crippen LogP contribution in [0.5, 0.6) is 0 Å². The second kappa shape index (κ2) is 18.6. The van der Waals surface area contributed by atoms with Crippen molar-refractivity contribution >= 4 is 43.1 Å². The molecular formula is C18H27N3Na2O17P2S2. The molecule has 0 bridgehead atoms. The smallest absolute Gasteiger partial charge is 0.756 e. The van der Waals surface area contributed by atoms with Crippen molar-refractivity contribution < 1.29 is 131 Å². The van der Waals surface area contributed by atoms with Gasteiger partial charge in [-0.25, -0.2) is 9.11 Å². The van der Waals surface area contributed by atoms with Crippen molar-refractivity contribution in [1.29, 1.82) is 0 Å². The van der Waals surface area contributed by atoms with E-state index in [1.165, 1.54) is 10.8 Å². The molecule has 0 aliphatic carbocycles. The van der Waals surface area contributed by atoms with Crippen LogP contribution >= 0.6 is 37.2 Å². The summed E-state index contributed by atoms with van der Waals surface area (Å²) in [5.74, 6) is -0.919. The van der Waals surface area contributed by atoms with E-state index < -0.39 is 101 Å². The maximum absolute atomic E-state index is 12.5. The molecule has 240 valence electrons. The number of nitrogens with one attached hydrogen (secondary N) is 2. The second-order valence-corrected chi connectivity index (χ2v) is 14.1. The molecule has 11 unspecified atom stereocenters. The summed E-state index contributed by atoms with van der Waals surface area (Å²) < 4.78 is 48.8. The van der Waals surface area contributed by atoms with Gasteiger partial charge in [-0.1, -0.05) is 21.6 Å². The van der Waals surface area contributed by atoms with Crippen LogP contribution in [0.15, 0.2) is 21.9 Å².